The van der Waals surface area contributed by atoms with Gasteiger partial charge in [-0.05, 0) is 48.9 Å². The van der Waals surface area contributed by atoms with Gasteiger partial charge >= 0.3 is 24.5 Å². The monoisotopic (exact) mass is 546 g/mol. The van der Waals surface area contributed by atoms with Crippen LogP contribution in [0.5, 0.6) is 0 Å². The van der Waals surface area contributed by atoms with Crippen LogP contribution < -0.4 is 14.9 Å². The van der Waals surface area contributed by atoms with Crippen molar-refractivity contribution < 1.29 is 49.1 Å². The molecule has 0 aliphatic carbocycles. The van der Waals surface area contributed by atoms with Gasteiger partial charge in [-0.3, -0.25) is 4.31 Å². The fraction of sp³-hybridized carbons (Fsp3) is 0.600. The molecule has 36 heavy (non-hydrogen) atoms. The normalized spacial score (nSPS) is 17.2. The zero-order valence-electron chi connectivity index (χ0n) is 18.9. The minimum absolute atomic E-state index is 0.128. The maximum absolute atomic E-state index is 12.6. The molecule has 0 radical (unpaired) electrons. The summed E-state index contributed by atoms with van der Waals surface area (Å²) in [7, 11) is -3.40. The first-order chi connectivity index (χ1) is 16.6. The Hall–Kier alpha value is -2.91. The van der Waals surface area contributed by atoms with Crippen molar-refractivity contribution in [3.05, 3.63) is 23.8 Å². The third kappa shape index (κ3) is 6.85. The van der Waals surface area contributed by atoms with Crippen LogP contribution in [0.3, 0.4) is 0 Å². The Balaban J connectivity index is 1.45. The summed E-state index contributed by atoms with van der Waals surface area (Å²) in [6.07, 6.45) is -15.4. The highest BCUT2D eigenvalue weighted by atomic mass is 32.2. The average molecular weight is 546 g/mol. The number of nitrogens with zero attached hydrogens (tertiary/aromatic N) is 2. The molecule has 3 amide bonds. The molecule has 0 spiro atoms. The van der Waals surface area contributed by atoms with Crippen LogP contribution in [0.2, 0.25) is 0 Å². The van der Waals surface area contributed by atoms with Gasteiger partial charge in [0.05, 0.1) is 11.9 Å². The zero-order valence-corrected chi connectivity index (χ0v) is 19.8. The first-order valence-electron chi connectivity index (χ1n) is 10.8. The number of urea groups is 1. The van der Waals surface area contributed by atoms with Gasteiger partial charge < -0.3 is 20.3 Å². The van der Waals surface area contributed by atoms with Gasteiger partial charge in [0.2, 0.25) is 10.0 Å². The number of amides is 3. The number of sulfonamides is 1. The van der Waals surface area contributed by atoms with E-state index in [9.17, 15) is 44.3 Å². The second kappa shape index (κ2) is 10.2. The van der Waals surface area contributed by atoms with E-state index in [2.05, 4.69) is 15.4 Å². The first-order valence-corrected chi connectivity index (χ1v) is 12.6. The van der Waals surface area contributed by atoms with Crippen LogP contribution >= 0.6 is 0 Å². The number of piperidine rings is 1. The number of nitrogens with one attached hydrogen (secondary N) is 2. The van der Waals surface area contributed by atoms with Crippen molar-refractivity contribution >= 4 is 33.5 Å². The summed E-state index contributed by atoms with van der Waals surface area (Å²) in [5.74, 6) is -0.163. The van der Waals surface area contributed by atoms with E-state index in [1.165, 1.54) is 4.31 Å². The number of ether oxygens (including phenoxy) is 1. The van der Waals surface area contributed by atoms with E-state index in [0.29, 0.717) is 24.3 Å². The molecule has 9 nitrogen and oxygen atoms in total. The highest BCUT2D eigenvalue weighted by Gasteiger charge is 2.60. The summed E-state index contributed by atoms with van der Waals surface area (Å²) in [5.41, 5.74) is 1.75. The number of rotatable bonds is 5. The molecule has 0 unspecified atom stereocenters. The number of hydrogen-bond acceptors (Lipinski definition) is 5. The summed E-state index contributed by atoms with van der Waals surface area (Å²) >= 11 is 0. The number of hydrogen-bond donors (Lipinski definition) is 2. The molecule has 1 aromatic rings. The quantitative estimate of drug-likeness (QED) is 0.550. The Kier molecular flexibility index (Phi) is 7.86. The van der Waals surface area contributed by atoms with Crippen molar-refractivity contribution in [1.82, 2.24) is 10.2 Å². The summed E-state index contributed by atoms with van der Waals surface area (Å²) in [5, 5.41) is 5.26. The average Bonchev–Trinajstić information content (AvgIpc) is 3.18. The molecule has 0 aromatic heterocycles. The smallest absolute Gasteiger partial charge is 0.426 e. The molecule has 0 bridgehead atoms. The van der Waals surface area contributed by atoms with Gasteiger partial charge in [0, 0.05) is 31.9 Å². The van der Waals surface area contributed by atoms with Crippen molar-refractivity contribution in [2.75, 3.05) is 42.1 Å². The topological polar surface area (TPSA) is 108 Å². The van der Waals surface area contributed by atoms with Crippen molar-refractivity contribution in [2.45, 2.75) is 37.7 Å². The second-order valence-corrected chi connectivity index (χ2v) is 10.4. The summed E-state index contributed by atoms with van der Waals surface area (Å²) in [4.78, 5) is 24.8. The van der Waals surface area contributed by atoms with Crippen LogP contribution in [0.25, 0.3) is 0 Å². The molecule has 1 fully saturated rings. The summed E-state index contributed by atoms with van der Waals surface area (Å²) in [6, 6.07) is 4.27. The predicted molar refractivity (Wildman–Crippen MR) is 116 cm³/mol. The molecule has 2 heterocycles. The molecule has 0 saturated carbocycles. The van der Waals surface area contributed by atoms with E-state index in [4.69, 9.17) is 0 Å². The Morgan fingerprint density at radius 1 is 1.08 bits per heavy atom. The van der Waals surface area contributed by atoms with E-state index >= 15 is 0 Å². The van der Waals surface area contributed by atoms with Crippen LogP contribution in [0, 0.1) is 5.92 Å². The molecular formula is C20H24F6N4O5S. The van der Waals surface area contributed by atoms with E-state index in [1.54, 1.807) is 18.2 Å². The molecule has 2 aliphatic rings. The van der Waals surface area contributed by atoms with E-state index < -0.39 is 40.6 Å². The molecule has 2 N–H and O–H groups in total. The number of carbonyl (C=O) groups is 2. The van der Waals surface area contributed by atoms with Gasteiger partial charge in [0.1, 0.15) is 0 Å². The van der Waals surface area contributed by atoms with Gasteiger partial charge in [-0.25, -0.2) is 18.0 Å². The standard InChI is InChI=1S/C20H24F6N4O5S/c1-36(33,34)30-9-6-13-10-14(2-3-15(13)30)28-17(31)27-11-12-4-7-29(8-5-12)18(32)35-16(19(21,22)23)20(24,25)26/h2-3,10,12,16H,4-9,11H2,1H3,(H2,27,28,31). The molecule has 2 aliphatic heterocycles. The van der Waals surface area contributed by atoms with Gasteiger partial charge in [0.25, 0.3) is 6.10 Å². The number of benzene rings is 1. The molecule has 1 saturated heterocycles. The highest BCUT2D eigenvalue weighted by Crippen LogP contribution is 2.36. The third-order valence-corrected chi connectivity index (χ3v) is 7.01. The largest absolute Gasteiger partial charge is 0.434 e. The molecule has 0 atom stereocenters. The van der Waals surface area contributed by atoms with Gasteiger partial charge in [-0.1, -0.05) is 0 Å². The Morgan fingerprint density at radius 3 is 2.25 bits per heavy atom. The van der Waals surface area contributed by atoms with Crippen molar-refractivity contribution in [1.29, 1.82) is 0 Å². The minimum atomic E-state index is -5.78. The number of anilines is 2. The van der Waals surface area contributed by atoms with Crippen LogP contribution in [0.15, 0.2) is 18.2 Å². The fourth-order valence-corrected chi connectivity index (χ4v) is 4.98. The van der Waals surface area contributed by atoms with Crippen LogP contribution in [-0.2, 0) is 21.2 Å². The Bertz CT molecular complexity index is 1070. The second-order valence-electron chi connectivity index (χ2n) is 8.54. The Morgan fingerprint density at radius 2 is 1.69 bits per heavy atom. The third-order valence-electron chi connectivity index (χ3n) is 5.83. The maximum atomic E-state index is 12.6. The van der Waals surface area contributed by atoms with Crippen molar-refractivity contribution in [3.63, 3.8) is 0 Å². The van der Waals surface area contributed by atoms with Gasteiger partial charge in [0.15, 0.2) is 0 Å². The summed E-state index contributed by atoms with van der Waals surface area (Å²) in [6.45, 7) is 0.214. The highest BCUT2D eigenvalue weighted by molar-refractivity contribution is 7.92. The minimum Gasteiger partial charge on any atom is -0.426 e. The lowest BCUT2D eigenvalue weighted by atomic mass is 9.97. The van der Waals surface area contributed by atoms with Crippen molar-refractivity contribution in [2.24, 2.45) is 5.92 Å². The molecule has 3 rings (SSSR count). The molecule has 16 heteroatoms. The maximum Gasteiger partial charge on any atom is 0.434 e. The lowest BCUT2D eigenvalue weighted by molar-refractivity contribution is -0.308. The molecule has 202 valence electrons. The van der Waals surface area contributed by atoms with Gasteiger partial charge in [-0.2, -0.15) is 26.3 Å². The predicted octanol–water partition coefficient (Wildman–Crippen LogP) is 3.47. The number of fused-ring (bicyclic) bond motifs is 1. The molecular weight excluding hydrogens is 522 g/mol. The van der Waals surface area contributed by atoms with Crippen LogP contribution in [-0.4, -0.2) is 76.3 Å². The zero-order chi connectivity index (χ0) is 26.9. The Labute approximate surface area is 202 Å². The van der Waals surface area contributed by atoms with Crippen LogP contribution in [0.1, 0.15) is 18.4 Å². The number of halogens is 6. The number of likely N-dealkylation sites (tertiary alicyclic amines) is 1. The van der Waals surface area contributed by atoms with E-state index in [0.717, 1.165) is 16.7 Å². The van der Waals surface area contributed by atoms with E-state index in [-0.39, 0.29) is 38.4 Å². The van der Waals surface area contributed by atoms with Crippen molar-refractivity contribution in [3.8, 4) is 0 Å². The van der Waals surface area contributed by atoms with Gasteiger partial charge in [-0.15, -0.1) is 0 Å². The lowest BCUT2D eigenvalue weighted by Gasteiger charge is -2.33. The number of carbonyl (C=O) groups excluding carboxylic acids is 2. The first kappa shape index (κ1) is 27.7. The molecule has 1 aromatic carbocycles. The SMILES string of the molecule is CS(=O)(=O)N1CCc2cc(NC(=O)NCC3CCN(C(=O)OC(C(F)(F)F)C(F)(F)F)CC3)ccc21. The lowest BCUT2D eigenvalue weighted by Crippen LogP contribution is -2.49. The van der Waals surface area contributed by atoms with E-state index in [1.807, 2.05) is 0 Å². The number of alkyl halides is 6. The van der Waals surface area contributed by atoms with Crippen LogP contribution in [0.4, 0.5) is 47.3 Å². The fourth-order valence-electron chi connectivity index (χ4n) is 4.02. The summed E-state index contributed by atoms with van der Waals surface area (Å²) < 4.78 is 104.